The second-order valence-electron chi connectivity index (χ2n) is 4.69. The molecule has 3 rings (SSSR count). The summed E-state index contributed by atoms with van der Waals surface area (Å²) in [5.74, 6) is 0. The van der Waals surface area contributed by atoms with Crippen LogP contribution in [0.3, 0.4) is 0 Å². The number of fused-ring (bicyclic) bond motifs is 1. The van der Waals surface area contributed by atoms with E-state index in [4.69, 9.17) is 0 Å². The molecule has 0 bridgehead atoms. The summed E-state index contributed by atoms with van der Waals surface area (Å²) in [6.45, 7) is 3.76. The molecular weight excluding hydrogens is 274 g/mol. The highest BCUT2D eigenvalue weighted by Gasteiger charge is 2.20. The highest BCUT2D eigenvalue weighted by atomic mass is 32.2. The SMILES string of the molecule is Cc1ccc(S(=O)(=O)n2cc(C)c3cncnc32)cc1. The van der Waals surface area contributed by atoms with Gasteiger partial charge in [-0.3, -0.25) is 0 Å². The summed E-state index contributed by atoms with van der Waals surface area (Å²) in [7, 11) is -3.64. The fraction of sp³-hybridized carbons (Fsp3) is 0.143. The Labute approximate surface area is 117 Å². The molecule has 0 unspecified atom stereocenters. The van der Waals surface area contributed by atoms with Crippen molar-refractivity contribution in [3.05, 3.63) is 54.1 Å². The van der Waals surface area contributed by atoms with E-state index in [0.29, 0.717) is 5.65 Å². The lowest BCUT2D eigenvalue weighted by atomic mass is 10.2. The lowest BCUT2D eigenvalue weighted by Crippen LogP contribution is -2.12. The summed E-state index contributed by atoms with van der Waals surface area (Å²) in [6.07, 6.45) is 4.55. The minimum absolute atomic E-state index is 0.249. The molecule has 0 amide bonds. The van der Waals surface area contributed by atoms with Gasteiger partial charge in [0, 0.05) is 17.8 Å². The number of nitrogens with zero attached hydrogens (tertiary/aromatic N) is 3. The molecule has 2 heterocycles. The van der Waals surface area contributed by atoms with Gasteiger partial charge in [0.2, 0.25) is 0 Å². The van der Waals surface area contributed by atoms with Crippen molar-refractivity contribution in [2.24, 2.45) is 0 Å². The van der Waals surface area contributed by atoms with E-state index in [9.17, 15) is 8.42 Å². The summed E-state index contributed by atoms with van der Waals surface area (Å²) in [6, 6.07) is 6.76. The summed E-state index contributed by atoms with van der Waals surface area (Å²) in [4.78, 5) is 8.27. The third-order valence-electron chi connectivity index (χ3n) is 3.21. The highest BCUT2D eigenvalue weighted by molar-refractivity contribution is 7.90. The molecule has 0 aliphatic carbocycles. The first kappa shape index (κ1) is 12.8. The molecule has 2 aromatic heterocycles. The van der Waals surface area contributed by atoms with Crippen LogP contribution in [0, 0.1) is 13.8 Å². The largest absolute Gasteiger partial charge is 0.269 e. The number of aryl methyl sites for hydroxylation is 2. The van der Waals surface area contributed by atoms with Crippen LogP contribution in [0.1, 0.15) is 11.1 Å². The van der Waals surface area contributed by atoms with Crippen LogP contribution < -0.4 is 0 Å². The number of aromatic nitrogens is 3. The molecule has 6 heteroatoms. The average molecular weight is 287 g/mol. The summed E-state index contributed by atoms with van der Waals surface area (Å²) in [5, 5.41) is 0.739. The molecular formula is C14H13N3O2S. The second kappa shape index (κ2) is 4.42. The first-order valence-corrected chi connectivity index (χ1v) is 7.54. The van der Waals surface area contributed by atoms with Crippen molar-refractivity contribution in [1.82, 2.24) is 13.9 Å². The van der Waals surface area contributed by atoms with Gasteiger partial charge in [0.15, 0.2) is 5.65 Å². The van der Waals surface area contributed by atoms with Gasteiger partial charge in [-0.15, -0.1) is 0 Å². The zero-order valence-corrected chi connectivity index (χ0v) is 11.9. The standard InChI is InChI=1S/C14H13N3O2S/c1-10-3-5-12(6-4-10)20(18,19)17-8-11(2)13-7-15-9-16-14(13)17/h3-9H,1-2H3. The topological polar surface area (TPSA) is 64.8 Å². The number of hydrogen-bond donors (Lipinski definition) is 0. The van der Waals surface area contributed by atoms with E-state index in [1.165, 1.54) is 10.3 Å². The third-order valence-corrected chi connectivity index (χ3v) is 4.88. The molecule has 0 N–H and O–H groups in total. The molecule has 1 aromatic carbocycles. The van der Waals surface area contributed by atoms with Crippen LogP contribution in [0.25, 0.3) is 11.0 Å². The Hall–Kier alpha value is -2.21. The van der Waals surface area contributed by atoms with Crippen LogP contribution >= 0.6 is 0 Å². The van der Waals surface area contributed by atoms with Crippen molar-refractivity contribution in [2.75, 3.05) is 0 Å². The van der Waals surface area contributed by atoms with Gasteiger partial charge < -0.3 is 0 Å². The molecule has 0 aliphatic heterocycles. The van der Waals surface area contributed by atoms with Gasteiger partial charge in [-0.2, -0.15) is 0 Å². The van der Waals surface area contributed by atoms with E-state index in [-0.39, 0.29) is 4.90 Å². The van der Waals surface area contributed by atoms with Gasteiger partial charge in [0.25, 0.3) is 10.0 Å². The summed E-state index contributed by atoms with van der Waals surface area (Å²) in [5.41, 5.74) is 2.24. The Bertz CT molecular complexity index is 880. The van der Waals surface area contributed by atoms with Crippen LogP contribution in [-0.2, 0) is 10.0 Å². The van der Waals surface area contributed by atoms with Crippen LogP contribution in [0.5, 0.6) is 0 Å². The van der Waals surface area contributed by atoms with E-state index >= 15 is 0 Å². The van der Waals surface area contributed by atoms with Gasteiger partial charge in [0.1, 0.15) is 6.33 Å². The number of hydrogen-bond acceptors (Lipinski definition) is 4. The van der Waals surface area contributed by atoms with Gasteiger partial charge >= 0.3 is 0 Å². The lowest BCUT2D eigenvalue weighted by molar-refractivity contribution is 0.588. The first-order valence-electron chi connectivity index (χ1n) is 6.10. The molecule has 0 fully saturated rings. The fourth-order valence-electron chi connectivity index (χ4n) is 2.09. The minimum atomic E-state index is -3.64. The summed E-state index contributed by atoms with van der Waals surface area (Å²) >= 11 is 0. The Kier molecular flexibility index (Phi) is 2.83. The zero-order valence-electron chi connectivity index (χ0n) is 11.1. The lowest BCUT2D eigenvalue weighted by Gasteiger charge is -2.06. The van der Waals surface area contributed by atoms with Crippen molar-refractivity contribution >= 4 is 21.1 Å². The van der Waals surface area contributed by atoms with Crippen LogP contribution in [-0.4, -0.2) is 22.4 Å². The van der Waals surface area contributed by atoms with E-state index in [1.807, 2.05) is 13.8 Å². The maximum atomic E-state index is 12.7. The molecule has 0 atom stereocenters. The van der Waals surface area contributed by atoms with Gasteiger partial charge in [-0.05, 0) is 31.5 Å². The Balaban J connectivity index is 2.27. The van der Waals surface area contributed by atoms with Gasteiger partial charge in [0.05, 0.1) is 4.90 Å². The molecule has 20 heavy (non-hydrogen) atoms. The highest BCUT2D eigenvalue weighted by Crippen LogP contribution is 2.23. The average Bonchev–Trinajstić information content (AvgIpc) is 2.78. The number of benzene rings is 1. The third kappa shape index (κ3) is 1.89. The van der Waals surface area contributed by atoms with Gasteiger partial charge in [-0.1, -0.05) is 17.7 Å². The van der Waals surface area contributed by atoms with E-state index in [0.717, 1.165) is 16.5 Å². The monoisotopic (exact) mass is 287 g/mol. The molecule has 102 valence electrons. The first-order chi connectivity index (χ1) is 9.50. The van der Waals surface area contributed by atoms with E-state index in [1.54, 1.807) is 36.7 Å². The predicted octanol–water partition coefficient (Wildman–Crippen LogP) is 2.29. The van der Waals surface area contributed by atoms with Gasteiger partial charge in [-0.25, -0.2) is 22.4 Å². The van der Waals surface area contributed by atoms with E-state index in [2.05, 4.69) is 9.97 Å². The molecule has 0 radical (unpaired) electrons. The molecule has 0 saturated carbocycles. The molecule has 0 spiro atoms. The Morgan fingerprint density at radius 2 is 1.80 bits per heavy atom. The quantitative estimate of drug-likeness (QED) is 0.725. The molecule has 5 nitrogen and oxygen atoms in total. The van der Waals surface area contributed by atoms with Crippen molar-refractivity contribution in [1.29, 1.82) is 0 Å². The predicted molar refractivity (Wildman–Crippen MR) is 76.0 cm³/mol. The molecule has 0 aliphatic rings. The molecule has 3 aromatic rings. The maximum absolute atomic E-state index is 12.7. The summed E-state index contributed by atoms with van der Waals surface area (Å²) < 4.78 is 26.6. The second-order valence-corrected chi connectivity index (χ2v) is 6.50. The van der Waals surface area contributed by atoms with Crippen molar-refractivity contribution in [3.8, 4) is 0 Å². The maximum Gasteiger partial charge on any atom is 0.269 e. The molecule has 0 saturated heterocycles. The Morgan fingerprint density at radius 1 is 1.10 bits per heavy atom. The van der Waals surface area contributed by atoms with Crippen LogP contribution in [0.15, 0.2) is 47.9 Å². The minimum Gasteiger partial charge on any atom is -0.244 e. The normalized spacial score (nSPS) is 11.9. The van der Waals surface area contributed by atoms with Crippen LogP contribution in [0.4, 0.5) is 0 Å². The van der Waals surface area contributed by atoms with Crippen molar-refractivity contribution in [2.45, 2.75) is 18.7 Å². The zero-order chi connectivity index (χ0) is 14.3. The van der Waals surface area contributed by atoms with Crippen LogP contribution in [0.2, 0.25) is 0 Å². The smallest absolute Gasteiger partial charge is 0.244 e. The fourth-order valence-corrected chi connectivity index (χ4v) is 3.47. The van der Waals surface area contributed by atoms with E-state index < -0.39 is 10.0 Å². The van der Waals surface area contributed by atoms with Crippen molar-refractivity contribution in [3.63, 3.8) is 0 Å². The van der Waals surface area contributed by atoms with Crippen molar-refractivity contribution < 1.29 is 8.42 Å². The Morgan fingerprint density at radius 3 is 2.50 bits per heavy atom. The number of rotatable bonds is 2.